The number of carboxylic acid groups (broad SMARTS) is 1. The smallest absolute Gasteiger partial charge is 0.317 e. The summed E-state index contributed by atoms with van der Waals surface area (Å²) in [4.78, 5) is 24.4. The van der Waals surface area contributed by atoms with Gasteiger partial charge in [-0.15, -0.1) is 0 Å². The maximum atomic E-state index is 12.1. The maximum Gasteiger partial charge on any atom is 0.317 e. The highest BCUT2D eigenvalue weighted by atomic mass is 16.4. The molecule has 0 aliphatic heterocycles. The lowest BCUT2D eigenvalue weighted by molar-refractivity contribution is -0.141. The van der Waals surface area contributed by atoms with Crippen LogP contribution in [0.1, 0.15) is 38.3 Å². The zero-order chi connectivity index (χ0) is 15.3. The molecule has 0 aliphatic carbocycles. The largest absolute Gasteiger partial charge is 0.481 e. The molecule has 1 aromatic rings. The van der Waals surface area contributed by atoms with E-state index in [0.29, 0.717) is 12.3 Å². The van der Waals surface area contributed by atoms with Gasteiger partial charge < -0.3 is 19.7 Å². The van der Waals surface area contributed by atoms with Crippen molar-refractivity contribution in [1.82, 2.24) is 10.2 Å². The summed E-state index contributed by atoms with van der Waals surface area (Å²) < 4.78 is 5.45. The number of rotatable bonds is 6. The van der Waals surface area contributed by atoms with Crippen molar-refractivity contribution in [1.29, 1.82) is 0 Å². The van der Waals surface area contributed by atoms with E-state index in [1.807, 2.05) is 32.9 Å². The van der Waals surface area contributed by atoms with Crippen LogP contribution in [0.25, 0.3) is 0 Å². The molecule has 0 radical (unpaired) electrons. The minimum atomic E-state index is -0.911. The van der Waals surface area contributed by atoms with Crippen LogP contribution in [-0.4, -0.2) is 35.1 Å². The van der Waals surface area contributed by atoms with Gasteiger partial charge in [-0.3, -0.25) is 4.79 Å². The lowest BCUT2D eigenvalue weighted by Crippen LogP contribution is -2.43. The summed E-state index contributed by atoms with van der Waals surface area (Å²) in [5, 5.41) is 11.7. The summed E-state index contributed by atoms with van der Waals surface area (Å²) >= 11 is 0. The zero-order valence-electron chi connectivity index (χ0n) is 12.3. The van der Waals surface area contributed by atoms with Crippen LogP contribution in [0.5, 0.6) is 0 Å². The number of carbonyl (C=O) groups excluding carboxylic acids is 1. The lowest BCUT2D eigenvalue weighted by atomic mass is 10.2. The van der Waals surface area contributed by atoms with E-state index >= 15 is 0 Å². The monoisotopic (exact) mass is 282 g/mol. The summed E-state index contributed by atoms with van der Waals surface area (Å²) in [5.74, 6) is -0.0426. The van der Waals surface area contributed by atoms with Crippen LogP contribution in [0, 0.1) is 12.8 Å². The highest BCUT2D eigenvalue weighted by Crippen LogP contribution is 2.16. The molecule has 0 aromatic carbocycles. The minimum absolute atomic E-state index is 0.182. The van der Waals surface area contributed by atoms with Gasteiger partial charge in [0.2, 0.25) is 0 Å². The van der Waals surface area contributed by atoms with Crippen molar-refractivity contribution in [2.75, 3.05) is 13.1 Å². The number of aliphatic carboxylic acids is 1. The Balaban J connectivity index is 2.61. The van der Waals surface area contributed by atoms with Gasteiger partial charge in [-0.25, -0.2) is 4.79 Å². The Hall–Kier alpha value is -1.98. The van der Waals surface area contributed by atoms with Crippen LogP contribution in [0.2, 0.25) is 0 Å². The van der Waals surface area contributed by atoms with E-state index in [0.717, 1.165) is 5.76 Å². The molecule has 6 nitrogen and oxygen atoms in total. The molecule has 1 rings (SSSR count). The normalized spacial score (nSPS) is 13.6. The number of nitrogens with zero attached hydrogens (tertiary/aromatic N) is 1. The molecule has 2 atom stereocenters. The molecule has 0 saturated carbocycles. The average Bonchev–Trinajstić information content (AvgIpc) is 2.81. The van der Waals surface area contributed by atoms with Gasteiger partial charge in [-0.1, -0.05) is 6.92 Å². The fourth-order valence-corrected chi connectivity index (χ4v) is 1.80. The molecule has 0 saturated heterocycles. The van der Waals surface area contributed by atoms with Crippen molar-refractivity contribution < 1.29 is 19.1 Å². The summed E-state index contributed by atoms with van der Waals surface area (Å²) in [6.07, 6.45) is 0. The molecule has 0 aliphatic rings. The van der Waals surface area contributed by atoms with Gasteiger partial charge in [0.15, 0.2) is 0 Å². The summed E-state index contributed by atoms with van der Waals surface area (Å²) in [6, 6.07) is 3.10. The minimum Gasteiger partial charge on any atom is -0.481 e. The summed E-state index contributed by atoms with van der Waals surface area (Å²) in [7, 11) is 0. The molecule has 112 valence electrons. The highest BCUT2D eigenvalue weighted by Gasteiger charge is 2.21. The fourth-order valence-electron chi connectivity index (χ4n) is 1.80. The first-order valence-electron chi connectivity index (χ1n) is 6.69. The van der Waals surface area contributed by atoms with Crippen molar-refractivity contribution in [2.24, 2.45) is 5.92 Å². The Morgan fingerprint density at radius 3 is 2.50 bits per heavy atom. The van der Waals surface area contributed by atoms with Crippen molar-refractivity contribution >= 4 is 12.0 Å². The van der Waals surface area contributed by atoms with Gasteiger partial charge in [0, 0.05) is 13.1 Å². The predicted octanol–water partition coefficient (Wildman–Crippen LogP) is 2.40. The molecular formula is C14H22N2O4. The predicted molar refractivity (Wildman–Crippen MR) is 74.4 cm³/mol. The Morgan fingerprint density at radius 2 is 2.05 bits per heavy atom. The highest BCUT2D eigenvalue weighted by molar-refractivity contribution is 5.76. The van der Waals surface area contributed by atoms with Crippen LogP contribution >= 0.6 is 0 Å². The van der Waals surface area contributed by atoms with E-state index in [-0.39, 0.29) is 18.6 Å². The van der Waals surface area contributed by atoms with Gasteiger partial charge in [0.25, 0.3) is 0 Å². The van der Waals surface area contributed by atoms with Gasteiger partial charge in [-0.05, 0) is 32.9 Å². The van der Waals surface area contributed by atoms with E-state index in [2.05, 4.69) is 5.32 Å². The number of hydrogen-bond donors (Lipinski definition) is 2. The number of urea groups is 1. The molecule has 6 heteroatoms. The van der Waals surface area contributed by atoms with Crippen molar-refractivity contribution in [3.63, 3.8) is 0 Å². The first-order valence-corrected chi connectivity index (χ1v) is 6.69. The van der Waals surface area contributed by atoms with E-state index in [4.69, 9.17) is 9.52 Å². The van der Waals surface area contributed by atoms with E-state index in [1.54, 1.807) is 6.92 Å². The van der Waals surface area contributed by atoms with Crippen molar-refractivity contribution in [3.8, 4) is 0 Å². The Bertz CT molecular complexity index is 469. The van der Waals surface area contributed by atoms with Crippen molar-refractivity contribution in [3.05, 3.63) is 23.7 Å². The molecule has 1 aromatic heterocycles. The molecule has 0 spiro atoms. The molecule has 2 N–H and O–H groups in total. The molecule has 20 heavy (non-hydrogen) atoms. The third kappa shape index (κ3) is 4.29. The molecule has 0 bridgehead atoms. The van der Waals surface area contributed by atoms with Crippen LogP contribution in [0.4, 0.5) is 4.79 Å². The summed E-state index contributed by atoms with van der Waals surface area (Å²) in [6.45, 7) is 7.69. The first-order chi connectivity index (χ1) is 9.35. The first kappa shape index (κ1) is 16.1. The Morgan fingerprint density at radius 1 is 1.40 bits per heavy atom. The third-order valence-electron chi connectivity index (χ3n) is 3.11. The van der Waals surface area contributed by atoms with E-state index in [9.17, 15) is 9.59 Å². The number of nitrogens with one attached hydrogen (secondary N) is 1. The quantitative estimate of drug-likeness (QED) is 0.839. The number of amides is 2. The molecule has 2 unspecified atom stereocenters. The van der Waals surface area contributed by atoms with Gasteiger partial charge in [0.1, 0.15) is 11.5 Å². The van der Waals surface area contributed by atoms with Crippen molar-refractivity contribution in [2.45, 2.75) is 33.7 Å². The molecule has 1 heterocycles. The number of carboxylic acids is 1. The standard InChI is InChI=1S/C14H22N2O4/c1-5-16(8-9(2)13(17)18)14(19)15-11(4)12-7-6-10(3)20-12/h6-7,9,11H,5,8H2,1-4H3,(H,15,19)(H,17,18). The van der Waals surface area contributed by atoms with Crippen LogP contribution in [0.15, 0.2) is 16.5 Å². The second-order valence-corrected chi connectivity index (χ2v) is 4.90. The topological polar surface area (TPSA) is 82.8 Å². The van der Waals surface area contributed by atoms with E-state index < -0.39 is 11.9 Å². The van der Waals surface area contributed by atoms with Crippen LogP contribution in [-0.2, 0) is 4.79 Å². The number of carbonyl (C=O) groups is 2. The van der Waals surface area contributed by atoms with Gasteiger partial charge in [-0.2, -0.15) is 0 Å². The zero-order valence-corrected chi connectivity index (χ0v) is 12.3. The maximum absolute atomic E-state index is 12.1. The van der Waals surface area contributed by atoms with Crippen LogP contribution in [0.3, 0.4) is 0 Å². The van der Waals surface area contributed by atoms with Crippen LogP contribution < -0.4 is 5.32 Å². The second kappa shape index (κ2) is 6.98. The fraction of sp³-hybridized carbons (Fsp3) is 0.571. The Labute approximate surface area is 118 Å². The third-order valence-corrected chi connectivity index (χ3v) is 3.11. The number of aryl methyl sites for hydroxylation is 1. The number of furan rings is 1. The average molecular weight is 282 g/mol. The summed E-state index contributed by atoms with van der Waals surface area (Å²) in [5.41, 5.74) is 0. The molecule has 0 fully saturated rings. The molecule has 2 amide bonds. The second-order valence-electron chi connectivity index (χ2n) is 4.90. The Kier molecular flexibility index (Phi) is 5.61. The van der Waals surface area contributed by atoms with Gasteiger partial charge >= 0.3 is 12.0 Å². The lowest BCUT2D eigenvalue weighted by Gasteiger charge is -2.24. The molecular weight excluding hydrogens is 260 g/mol. The van der Waals surface area contributed by atoms with E-state index in [1.165, 1.54) is 4.90 Å². The number of hydrogen-bond acceptors (Lipinski definition) is 3. The van der Waals surface area contributed by atoms with Gasteiger partial charge in [0.05, 0.1) is 12.0 Å². The SMILES string of the molecule is CCN(CC(C)C(=O)O)C(=O)NC(C)c1ccc(C)o1.